The summed E-state index contributed by atoms with van der Waals surface area (Å²) in [5.41, 5.74) is 1.82. The minimum atomic E-state index is -0.433. The maximum absolute atomic E-state index is 12.3. The predicted molar refractivity (Wildman–Crippen MR) is 83.6 cm³/mol. The number of aromatic nitrogens is 2. The van der Waals surface area contributed by atoms with Gasteiger partial charge in [-0.15, -0.1) is 0 Å². The molecule has 0 saturated carbocycles. The van der Waals surface area contributed by atoms with Crippen molar-refractivity contribution in [2.24, 2.45) is 0 Å². The molecule has 1 aromatic carbocycles. The Hall–Kier alpha value is -2.14. The minimum absolute atomic E-state index is 0.271. The maximum atomic E-state index is 12.3. The summed E-state index contributed by atoms with van der Waals surface area (Å²) in [6, 6.07) is 9.88. The summed E-state index contributed by atoms with van der Waals surface area (Å²) in [6.45, 7) is 4.39. The lowest BCUT2D eigenvalue weighted by atomic mass is 10.2. The van der Waals surface area contributed by atoms with Crippen LogP contribution >= 0.6 is 0 Å². The smallest absolute Gasteiger partial charge is 0.357 e. The third-order valence-electron chi connectivity index (χ3n) is 3.39. The molecule has 0 atom stereocenters. The Kier molecular flexibility index (Phi) is 5.72. The zero-order valence-electron chi connectivity index (χ0n) is 13.1. The van der Waals surface area contributed by atoms with Crippen molar-refractivity contribution in [2.45, 2.75) is 39.8 Å². The van der Waals surface area contributed by atoms with E-state index < -0.39 is 5.97 Å². The second kappa shape index (κ2) is 7.75. The van der Waals surface area contributed by atoms with E-state index in [0.717, 1.165) is 24.2 Å². The molecule has 0 radical (unpaired) electrons. The number of carbonyl (C=O) groups excluding carboxylic acids is 1. The summed E-state index contributed by atoms with van der Waals surface area (Å²) < 4.78 is 6.99. The van der Waals surface area contributed by atoms with E-state index in [1.807, 2.05) is 34.9 Å². The van der Waals surface area contributed by atoms with Crippen LogP contribution in [0.15, 0.2) is 30.3 Å². The van der Waals surface area contributed by atoms with Crippen molar-refractivity contribution in [3.63, 3.8) is 0 Å². The number of aliphatic hydroxyl groups excluding tert-OH is 1. The van der Waals surface area contributed by atoms with Gasteiger partial charge in [0.1, 0.15) is 5.82 Å². The summed E-state index contributed by atoms with van der Waals surface area (Å²) in [5.74, 6) is 0.371. The highest BCUT2D eigenvalue weighted by Crippen LogP contribution is 2.18. The van der Waals surface area contributed by atoms with Gasteiger partial charge in [-0.3, -0.25) is 0 Å². The Labute approximate surface area is 130 Å². The monoisotopic (exact) mass is 302 g/mol. The number of nitrogens with zero attached hydrogens (tertiary/aromatic N) is 2. The molecule has 5 nitrogen and oxygen atoms in total. The SMILES string of the molecule is CCCc1nc(CO)c(C(=O)OCC)n1Cc1ccccc1. The van der Waals surface area contributed by atoms with Crippen LogP contribution in [0.4, 0.5) is 0 Å². The first-order chi connectivity index (χ1) is 10.7. The third kappa shape index (κ3) is 3.54. The maximum Gasteiger partial charge on any atom is 0.357 e. The second-order valence-electron chi connectivity index (χ2n) is 5.02. The van der Waals surface area contributed by atoms with Crippen molar-refractivity contribution in [3.05, 3.63) is 53.1 Å². The lowest BCUT2D eigenvalue weighted by molar-refractivity contribution is 0.0510. The van der Waals surface area contributed by atoms with Gasteiger partial charge in [0.05, 0.1) is 18.9 Å². The van der Waals surface area contributed by atoms with Gasteiger partial charge in [-0.25, -0.2) is 9.78 Å². The van der Waals surface area contributed by atoms with Crippen molar-refractivity contribution in [2.75, 3.05) is 6.61 Å². The number of rotatable bonds is 7. The predicted octanol–water partition coefficient (Wildman–Crippen LogP) is 2.55. The highest BCUT2D eigenvalue weighted by atomic mass is 16.5. The molecule has 0 aliphatic heterocycles. The Balaban J connectivity index is 2.46. The molecule has 1 N–H and O–H groups in total. The second-order valence-corrected chi connectivity index (χ2v) is 5.02. The van der Waals surface area contributed by atoms with Crippen LogP contribution in [-0.2, 0) is 24.3 Å². The molecule has 0 saturated heterocycles. The topological polar surface area (TPSA) is 64.3 Å². The first kappa shape index (κ1) is 16.2. The number of hydrogen-bond acceptors (Lipinski definition) is 4. The number of benzene rings is 1. The Morgan fingerprint density at radius 1 is 1.27 bits per heavy atom. The molecule has 0 fully saturated rings. The van der Waals surface area contributed by atoms with Gasteiger partial charge in [-0.05, 0) is 18.9 Å². The zero-order chi connectivity index (χ0) is 15.9. The van der Waals surface area contributed by atoms with Crippen molar-refractivity contribution in [1.29, 1.82) is 0 Å². The van der Waals surface area contributed by atoms with Crippen molar-refractivity contribution in [3.8, 4) is 0 Å². The van der Waals surface area contributed by atoms with Crippen molar-refractivity contribution < 1.29 is 14.6 Å². The molecule has 0 unspecified atom stereocenters. The van der Waals surface area contributed by atoms with Crippen molar-refractivity contribution in [1.82, 2.24) is 9.55 Å². The van der Waals surface area contributed by atoms with Gasteiger partial charge in [-0.1, -0.05) is 37.3 Å². The van der Waals surface area contributed by atoms with E-state index >= 15 is 0 Å². The minimum Gasteiger partial charge on any atom is -0.461 e. The number of imidazole rings is 1. The zero-order valence-corrected chi connectivity index (χ0v) is 13.1. The summed E-state index contributed by atoms with van der Waals surface area (Å²) >= 11 is 0. The van der Waals surface area contributed by atoms with Crippen LogP contribution in [0.3, 0.4) is 0 Å². The lowest BCUT2D eigenvalue weighted by Crippen LogP contribution is -2.16. The number of aryl methyl sites for hydroxylation is 1. The number of carbonyl (C=O) groups is 1. The van der Waals surface area contributed by atoms with Gasteiger partial charge < -0.3 is 14.4 Å². The van der Waals surface area contributed by atoms with E-state index in [-0.39, 0.29) is 6.61 Å². The summed E-state index contributed by atoms with van der Waals surface area (Å²) in [5, 5.41) is 9.52. The average Bonchev–Trinajstić information content (AvgIpc) is 2.87. The lowest BCUT2D eigenvalue weighted by Gasteiger charge is -2.12. The fraction of sp³-hybridized carbons (Fsp3) is 0.412. The molecule has 118 valence electrons. The van der Waals surface area contributed by atoms with Crippen LogP contribution in [0.5, 0.6) is 0 Å². The molecule has 0 bridgehead atoms. The summed E-state index contributed by atoms with van der Waals surface area (Å²) in [7, 11) is 0. The fourth-order valence-corrected chi connectivity index (χ4v) is 2.44. The van der Waals surface area contributed by atoms with E-state index in [2.05, 4.69) is 11.9 Å². The van der Waals surface area contributed by atoms with E-state index in [1.165, 1.54) is 0 Å². The molecule has 0 aliphatic carbocycles. The highest BCUT2D eigenvalue weighted by Gasteiger charge is 2.23. The normalized spacial score (nSPS) is 10.7. The van der Waals surface area contributed by atoms with Crippen LogP contribution in [0, 0.1) is 0 Å². The van der Waals surface area contributed by atoms with Crippen molar-refractivity contribution >= 4 is 5.97 Å². The molecular formula is C17H22N2O3. The molecule has 1 aromatic heterocycles. The van der Waals surface area contributed by atoms with Gasteiger partial charge >= 0.3 is 5.97 Å². The Morgan fingerprint density at radius 2 is 2.00 bits per heavy atom. The van der Waals surface area contributed by atoms with Crippen LogP contribution in [0.1, 0.15) is 47.8 Å². The molecule has 0 amide bonds. The molecule has 5 heteroatoms. The standard InChI is InChI=1S/C17H22N2O3/c1-3-8-15-18-14(12-20)16(17(21)22-4-2)19(15)11-13-9-6-5-7-10-13/h5-7,9-10,20H,3-4,8,11-12H2,1-2H3. The first-order valence-corrected chi connectivity index (χ1v) is 7.61. The van der Waals surface area contributed by atoms with Gasteiger partial charge in [0.15, 0.2) is 5.69 Å². The molecule has 2 aromatic rings. The summed E-state index contributed by atoms with van der Waals surface area (Å²) in [4.78, 5) is 16.7. The third-order valence-corrected chi connectivity index (χ3v) is 3.39. The van der Waals surface area contributed by atoms with Crippen LogP contribution < -0.4 is 0 Å². The van der Waals surface area contributed by atoms with Gasteiger partial charge in [0, 0.05) is 13.0 Å². The van der Waals surface area contributed by atoms with Crippen LogP contribution in [0.2, 0.25) is 0 Å². The van der Waals surface area contributed by atoms with Gasteiger partial charge in [0.2, 0.25) is 0 Å². The highest BCUT2D eigenvalue weighted by molar-refractivity contribution is 5.89. The fourth-order valence-electron chi connectivity index (χ4n) is 2.44. The molecular weight excluding hydrogens is 280 g/mol. The van der Waals surface area contributed by atoms with Crippen LogP contribution in [-0.4, -0.2) is 27.2 Å². The average molecular weight is 302 g/mol. The van der Waals surface area contributed by atoms with Gasteiger partial charge in [0.25, 0.3) is 0 Å². The Bertz CT molecular complexity index is 620. The number of ether oxygens (including phenoxy) is 1. The van der Waals surface area contributed by atoms with Crippen LogP contribution in [0.25, 0.3) is 0 Å². The first-order valence-electron chi connectivity index (χ1n) is 7.61. The number of hydrogen-bond donors (Lipinski definition) is 1. The van der Waals surface area contributed by atoms with E-state index in [4.69, 9.17) is 4.74 Å². The quantitative estimate of drug-likeness (QED) is 0.798. The molecule has 2 rings (SSSR count). The molecule has 0 spiro atoms. The molecule has 1 heterocycles. The Morgan fingerprint density at radius 3 is 2.59 bits per heavy atom. The van der Waals surface area contributed by atoms with E-state index in [0.29, 0.717) is 24.5 Å². The molecule has 22 heavy (non-hydrogen) atoms. The largest absolute Gasteiger partial charge is 0.461 e. The number of esters is 1. The number of aliphatic hydroxyl groups is 1. The molecule has 0 aliphatic rings. The summed E-state index contributed by atoms with van der Waals surface area (Å²) in [6.07, 6.45) is 1.66. The van der Waals surface area contributed by atoms with Gasteiger partial charge in [-0.2, -0.15) is 0 Å². The van der Waals surface area contributed by atoms with E-state index in [1.54, 1.807) is 6.92 Å². The van der Waals surface area contributed by atoms with E-state index in [9.17, 15) is 9.90 Å².